The number of rotatable bonds is 2. The Balaban J connectivity index is 2.03. The number of nitrogens with zero attached hydrogens (tertiary/aromatic N) is 1. The Morgan fingerprint density at radius 2 is 2.00 bits per heavy atom. The third kappa shape index (κ3) is 3.27. The second-order valence-corrected chi connectivity index (χ2v) is 4.91. The van der Waals surface area contributed by atoms with Crippen LogP contribution in [-0.2, 0) is 0 Å². The number of hydrogen-bond acceptors (Lipinski definition) is 2. The Bertz CT molecular complexity index is 350. The van der Waals surface area contributed by atoms with Gasteiger partial charge in [0.2, 0.25) is 0 Å². The fraction of sp³-hybridized carbons (Fsp3) is 0.571. The minimum absolute atomic E-state index is 0.160. The van der Waals surface area contributed by atoms with Crippen LogP contribution in [-0.4, -0.2) is 30.6 Å². The summed E-state index contributed by atoms with van der Waals surface area (Å²) in [7, 11) is 0. The lowest BCUT2D eigenvalue weighted by atomic mass is 10.1. The molecule has 2 rings (SSSR count). The fourth-order valence-corrected chi connectivity index (χ4v) is 2.37. The topological polar surface area (TPSA) is 15.3 Å². The zero-order valence-corrected chi connectivity index (χ0v) is 10.6. The summed E-state index contributed by atoms with van der Waals surface area (Å²) in [4.78, 5) is 2.46. The SMILES string of the molecule is CC1CCN(C(C)c2ccc(F)cc2)CCN1. The predicted octanol–water partition coefficient (Wildman–Crippen LogP) is 2.57. The molecule has 94 valence electrons. The molecule has 0 aromatic heterocycles. The summed E-state index contributed by atoms with van der Waals surface area (Å²) in [5.74, 6) is -0.160. The molecule has 1 fully saturated rings. The van der Waals surface area contributed by atoms with Crippen LogP contribution in [0.25, 0.3) is 0 Å². The van der Waals surface area contributed by atoms with E-state index in [1.165, 1.54) is 12.0 Å². The highest BCUT2D eigenvalue weighted by molar-refractivity contribution is 5.19. The lowest BCUT2D eigenvalue weighted by Crippen LogP contribution is -2.31. The molecule has 1 N–H and O–H groups in total. The summed E-state index contributed by atoms with van der Waals surface area (Å²) in [5, 5.41) is 3.49. The van der Waals surface area contributed by atoms with E-state index < -0.39 is 0 Å². The summed E-state index contributed by atoms with van der Waals surface area (Å²) in [5.41, 5.74) is 1.20. The molecule has 2 atom stereocenters. The van der Waals surface area contributed by atoms with Crippen LogP contribution in [0.5, 0.6) is 0 Å². The Morgan fingerprint density at radius 1 is 1.29 bits per heavy atom. The molecule has 1 aliphatic rings. The largest absolute Gasteiger partial charge is 0.313 e. The molecule has 1 heterocycles. The normalized spacial score (nSPS) is 24.3. The molecule has 0 aliphatic carbocycles. The lowest BCUT2D eigenvalue weighted by molar-refractivity contribution is 0.224. The van der Waals surface area contributed by atoms with Crippen molar-refractivity contribution in [2.45, 2.75) is 32.4 Å². The van der Waals surface area contributed by atoms with Crippen molar-refractivity contribution in [3.05, 3.63) is 35.6 Å². The van der Waals surface area contributed by atoms with Crippen molar-refractivity contribution >= 4 is 0 Å². The molecule has 1 saturated heterocycles. The first-order valence-electron chi connectivity index (χ1n) is 6.39. The van der Waals surface area contributed by atoms with E-state index in [2.05, 4.69) is 24.1 Å². The molecule has 0 spiro atoms. The van der Waals surface area contributed by atoms with E-state index in [9.17, 15) is 4.39 Å². The van der Waals surface area contributed by atoms with Crippen LogP contribution in [0, 0.1) is 5.82 Å². The van der Waals surface area contributed by atoms with Crippen molar-refractivity contribution < 1.29 is 4.39 Å². The molecule has 1 aromatic rings. The van der Waals surface area contributed by atoms with Crippen LogP contribution in [0.2, 0.25) is 0 Å². The van der Waals surface area contributed by atoms with Crippen LogP contribution in [0.1, 0.15) is 31.9 Å². The molecule has 1 aliphatic heterocycles. The molecule has 1 aromatic carbocycles. The van der Waals surface area contributed by atoms with Crippen LogP contribution in [0.15, 0.2) is 24.3 Å². The second kappa shape index (κ2) is 5.61. The monoisotopic (exact) mass is 236 g/mol. The first-order chi connectivity index (χ1) is 8.16. The highest BCUT2D eigenvalue weighted by Gasteiger charge is 2.19. The Morgan fingerprint density at radius 3 is 2.71 bits per heavy atom. The van der Waals surface area contributed by atoms with Gasteiger partial charge in [-0.3, -0.25) is 4.90 Å². The smallest absolute Gasteiger partial charge is 0.123 e. The molecule has 0 radical (unpaired) electrons. The van der Waals surface area contributed by atoms with E-state index in [1.807, 2.05) is 12.1 Å². The van der Waals surface area contributed by atoms with Crippen molar-refractivity contribution in [3.8, 4) is 0 Å². The first kappa shape index (κ1) is 12.5. The summed E-state index contributed by atoms with van der Waals surface area (Å²) in [6.45, 7) is 7.62. The van der Waals surface area contributed by atoms with Gasteiger partial charge in [0.15, 0.2) is 0 Å². The van der Waals surface area contributed by atoms with Gasteiger partial charge in [0, 0.05) is 31.7 Å². The highest BCUT2D eigenvalue weighted by atomic mass is 19.1. The van der Waals surface area contributed by atoms with Crippen LogP contribution >= 0.6 is 0 Å². The number of hydrogen-bond donors (Lipinski definition) is 1. The Hall–Kier alpha value is -0.930. The van der Waals surface area contributed by atoms with E-state index in [4.69, 9.17) is 0 Å². The van der Waals surface area contributed by atoms with E-state index in [1.54, 1.807) is 12.1 Å². The van der Waals surface area contributed by atoms with E-state index >= 15 is 0 Å². The van der Waals surface area contributed by atoms with Gasteiger partial charge < -0.3 is 5.32 Å². The summed E-state index contributed by atoms with van der Waals surface area (Å²) in [6.07, 6.45) is 1.17. The van der Waals surface area contributed by atoms with Gasteiger partial charge in [0.1, 0.15) is 5.82 Å². The van der Waals surface area contributed by atoms with Crippen molar-refractivity contribution in [2.75, 3.05) is 19.6 Å². The Kier molecular flexibility index (Phi) is 4.13. The van der Waals surface area contributed by atoms with Crippen LogP contribution in [0.3, 0.4) is 0 Å². The molecule has 0 bridgehead atoms. The van der Waals surface area contributed by atoms with Gasteiger partial charge in [-0.2, -0.15) is 0 Å². The van der Waals surface area contributed by atoms with Gasteiger partial charge in [-0.05, 0) is 38.0 Å². The molecule has 0 amide bonds. The van der Waals surface area contributed by atoms with Gasteiger partial charge in [-0.1, -0.05) is 12.1 Å². The second-order valence-electron chi connectivity index (χ2n) is 4.91. The van der Waals surface area contributed by atoms with Gasteiger partial charge in [-0.25, -0.2) is 4.39 Å². The fourth-order valence-electron chi connectivity index (χ4n) is 2.37. The Labute approximate surface area is 103 Å². The van der Waals surface area contributed by atoms with Gasteiger partial charge >= 0.3 is 0 Å². The minimum Gasteiger partial charge on any atom is -0.313 e. The summed E-state index contributed by atoms with van der Waals surface area (Å²) < 4.78 is 12.9. The zero-order valence-electron chi connectivity index (χ0n) is 10.6. The van der Waals surface area contributed by atoms with Crippen molar-refractivity contribution in [3.63, 3.8) is 0 Å². The first-order valence-corrected chi connectivity index (χ1v) is 6.39. The van der Waals surface area contributed by atoms with Crippen LogP contribution in [0.4, 0.5) is 4.39 Å². The summed E-state index contributed by atoms with van der Waals surface area (Å²) >= 11 is 0. The highest BCUT2D eigenvalue weighted by Crippen LogP contribution is 2.21. The molecule has 17 heavy (non-hydrogen) atoms. The zero-order chi connectivity index (χ0) is 12.3. The maximum atomic E-state index is 12.9. The third-order valence-corrected chi connectivity index (χ3v) is 3.64. The van der Waals surface area contributed by atoms with Crippen molar-refractivity contribution in [1.82, 2.24) is 10.2 Å². The van der Waals surface area contributed by atoms with E-state index in [-0.39, 0.29) is 5.82 Å². The average Bonchev–Trinajstić information content (AvgIpc) is 2.54. The number of nitrogens with one attached hydrogen (secondary N) is 1. The van der Waals surface area contributed by atoms with Crippen LogP contribution < -0.4 is 5.32 Å². The minimum atomic E-state index is -0.160. The van der Waals surface area contributed by atoms with Gasteiger partial charge in [0.05, 0.1) is 0 Å². The molecular formula is C14H21FN2. The molecular weight excluding hydrogens is 215 g/mol. The van der Waals surface area contributed by atoms with Gasteiger partial charge in [-0.15, -0.1) is 0 Å². The molecule has 2 unspecified atom stereocenters. The lowest BCUT2D eigenvalue weighted by Gasteiger charge is -2.27. The quantitative estimate of drug-likeness (QED) is 0.849. The third-order valence-electron chi connectivity index (χ3n) is 3.64. The van der Waals surface area contributed by atoms with Gasteiger partial charge in [0.25, 0.3) is 0 Å². The summed E-state index contributed by atoms with van der Waals surface area (Å²) in [6, 6.07) is 7.83. The van der Waals surface area contributed by atoms with Crippen molar-refractivity contribution in [1.29, 1.82) is 0 Å². The van der Waals surface area contributed by atoms with Crippen molar-refractivity contribution in [2.24, 2.45) is 0 Å². The predicted molar refractivity (Wildman–Crippen MR) is 68.5 cm³/mol. The molecule has 0 saturated carbocycles. The number of halogens is 1. The number of benzene rings is 1. The molecule has 3 heteroatoms. The maximum Gasteiger partial charge on any atom is 0.123 e. The van der Waals surface area contributed by atoms with E-state index in [0.717, 1.165) is 19.6 Å². The molecule has 2 nitrogen and oxygen atoms in total. The average molecular weight is 236 g/mol. The maximum absolute atomic E-state index is 12.9. The standard InChI is InChI=1S/C14H21FN2/c1-11-7-9-17(10-8-16-11)12(2)13-3-5-14(15)6-4-13/h3-6,11-12,16H,7-10H2,1-2H3. The van der Waals surface area contributed by atoms with E-state index in [0.29, 0.717) is 12.1 Å².